The zero-order chi connectivity index (χ0) is 19.3. The van der Waals surface area contributed by atoms with E-state index in [1.54, 1.807) is 11.3 Å². The van der Waals surface area contributed by atoms with E-state index in [0.717, 1.165) is 31.7 Å². The highest BCUT2D eigenvalue weighted by molar-refractivity contribution is 7.12. The quantitative estimate of drug-likeness (QED) is 0.418. The lowest BCUT2D eigenvalue weighted by Gasteiger charge is -2.09. The number of benzene rings is 2. The fraction of sp³-hybridized carbons (Fsp3) is 0.136. The Morgan fingerprint density at radius 3 is 2.64 bits per heavy atom. The van der Waals surface area contributed by atoms with E-state index in [0.29, 0.717) is 13.1 Å². The Bertz CT molecular complexity index is 1070. The standard InChI is InChI=1S/C22H20N2O2S2/c25-21(17-10-11-27-14-17)20-9-8-18(28-20)13-24-22(26)23-12-16-6-3-5-15-4-1-2-7-19(15)16/h1-11,14,21,25H,12-13H2,(H2,23,24,26)/t21-/m1/s1. The molecule has 1 atom stereocenters. The van der Waals surface area contributed by atoms with Crippen LogP contribution >= 0.6 is 22.7 Å². The summed E-state index contributed by atoms with van der Waals surface area (Å²) in [6.07, 6.45) is -0.606. The van der Waals surface area contributed by atoms with Gasteiger partial charge >= 0.3 is 6.03 Å². The second-order valence-electron chi connectivity index (χ2n) is 6.44. The molecule has 0 saturated carbocycles. The molecule has 0 aliphatic rings. The first-order valence-electron chi connectivity index (χ1n) is 8.98. The second-order valence-corrected chi connectivity index (χ2v) is 8.42. The maximum absolute atomic E-state index is 12.2. The van der Waals surface area contributed by atoms with Gasteiger partial charge in [-0.2, -0.15) is 11.3 Å². The number of nitrogens with one attached hydrogen (secondary N) is 2. The largest absolute Gasteiger partial charge is 0.383 e. The van der Waals surface area contributed by atoms with Crippen LogP contribution in [-0.4, -0.2) is 11.1 Å². The van der Waals surface area contributed by atoms with E-state index in [4.69, 9.17) is 0 Å². The predicted molar refractivity (Wildman–Crippen MR) is 116 cm³/mol. The zero-order valence-electron chi connectivity index (χ0n) is 15.1. The highest BCUT2D eigenvalue weighted by Crippen LogP contribution is 2.29. The van der Waals surface area contributed by atoms with Crippen LogP contribution in [0.15, 0.2) is 71.4 Å². The maximum Gasteiger partial charge on any atom is 0.315 e. The summed E-state index contributed by atoms with van der Waals surface area (Å²) in [5.74, 6) is 0. The molecule has 0 unspecified atom stereocenters. The monoisotopic (exact) mass is 408 g/mol. The van der Waals surface area contributed by atoms with Gasteiger partial charge < -0.3 is 15.7 Å². The van der Waals surface area contributed by atoms with Crippen molar-refractivity contribution in [2.45, 2.75) is 19.2 Å². The Morgan fingerprint density at radius 1 is 0.964 bits per heavy atom. The minimum atomic E-state index is -0.606. The zero-order valence-corrected chi connectivity index (χ0v) is 16.7. The van der Waals surface area contributed by atoms with Crippen molar-refractivity contribution in [3.05, 3.63) is 92.3 Å². The van der Waals surface area contributed by atoms with Gasteiger partial charge in [-0.3, -0.25) is 0 Å². The molecule has 4 nitrogen and oxygen atoms in total. The van der Waals surface area contributed by atoms with Crippen molar-refractivity contribution in [3.63, 3.8) is 0 Å². The van der Waals surface area contributed by atoms with Crippen molar-refractivity contribution in [3.8, 4) is 0 Å². The molecule has 3 N–H and O–H groups in total. The Morgan fingerprint density at radius 2 is 1.79 bits per heavy atom. The molecule has 2 aromatic heterocycles. The molecule has 4 rings (SSSR count). The fourth-order valence-electron chi connectivity index (χ4n) is 3.08. The van der Waals surface area contributed by atoms with Gasteiger partial charge in [-0.05, 0) is 50.9 Å². The number of thiophene rings is 2. The normalized spacial score (nSPS) is 12.0. The lowest BCUT2D eigenvalue weighted by molar-refractivity contribution is 0.224. The highest BCUT2D eigenvalue weighted by Gasteiger charge is 2.13. The smallest absolute Gasteiger partial charge is 0.315 e. The van der Waals surface area contributed by atoms with E-state index in [1.165, 1.54) is 11.3 Å². The number of rotatable bonds is 6. The summed E-state index contributed by atoms with van der Waals surface area (Å²) in [6.45, 7) is 0.905. The van der Waals surface area contributed by atoms with E-state index < -0.39 is 6.10 Å². The first-order valence-corrected chi connectivity index (χ1v) is 10.7. The molecule has 142 valence electrons. The van der Waals surface area contributed by atoms with Gasteiger partial charge in [0.05, 0.1) is 6.54 Å². The highest BCUT2D eigenvalue weighted by atomic mass is 32.1. The van der Waals surface area contributed by atoms with Gasteiger partial charge in [0, 0.05) is 16.3 Å². The maximum atomic E-state index is 12.2. The molecule has 0 aliphatic carbocycles. The molecule has 2 aromatic carbocycles. The summed E-state index contributed by atoms with van der Waals surface area (Å²) in [6, 6.07) is 19.8. The van der Waals surface area contributed by atoms with Crippen molar-refractivity contribution in [2.75, 3.05) is 0 Å². The average Bonchev–Trinajstić information content (AvgIpc) is 3.42. The molecule has 0 bridgehead atoms. The van der Waals surface area contributed by atoms with Gasteiger partial charge in [-0.1, -0.05) is 42.5 Å². The first-order chi connectivity index (χ1) is 13.7. The van der Waals surface area contributed by atoms with Gasteiger partial charge in [0.25, 0.3) is 0 Å². The number of aliphatic hydroxyl groups excluding tert-OH is 1. The molecule has 0 radical (unpaired) electrons. The molecule has 0 aliphatic heterocycles. The van der Waals surface area contributed by atoms with Gasteiger partial charge in [-0.25, -0.2) is 4.79 Å². The topological polar surface area (TPSA) is 61.4 Å². The third kappa shape index (κ3) is 4.25. The summed E-state index contributed by atoms with van der Waals surface area (Å²) in [5, 5.41) is 22.4. The van der Waals surface area contributed by atoms with Crippen molar-refractivity contribution >= 4 is 39.5 Å². The molecule has 2 heterocycles. The van der Waals surface area contributed by atoms with Crippen LogP contribution in [0, 0.1) is 0 Å². The molecule has 0 saturated heterocycles. The lowest BCUT2D eigenvalue weighted by Crippen LogP contribution is -2.34. The van der Waals surface area contributed by atoms with E-state index >= 15 is 0 Å². The molecule has 28 heavy (non-hydrogen) atoms. The number of hydrogen-bond acceptors (Lipinski definition) is 4. The van der Waals surface area contributed by atoms with Crippen molar-refractivity contribution in [1.29, 1.82) is 0 Å². The van der Waals surface area contributed by atoms with Crippen LogP contribution in [0.5, 0.6) is 0 Å². The van der Waals surface area contributed by atoms with Crippen LogP contribution in [0.3, 0.4) is 0 Å². The molecular formula is C22H20N2O2S2. The minimum Gasteiger partial charge on any atom is -0.383 e. The summed E-state index contributed by atoms with van der Waals surface area (Å²) >= 11 is 3.08. The number of amides is 2. The van der Waals surface area contributed by atoms with Crippen molar-refractivity contribution in [2.24, 2.45) is 0 Å². The third-order valence-corrected chi connectivity index (χ3v) is 6.39. The summed E-state index contributed by atoms with van der Waals surface area (Å²) in [4.78, 5) is 14.1. The first kappa shape index (κ1) is 18.7. The number of hydrogen-bond donors (Lipinski definition) is 3. The number of fused-ring (bicyclic) bond motifs is 1. The van der Waals surface area contributed by atoms with Gasteiger partial charge in [0.1, 0.15) is 6.10 Å². The summed E-state index contributed by atoms with van der Waals surface area (Å²) in [5.41, 5.74) is 1.99. The van der Waals surface area contributed by atoms with Crippen LogP contribution in [0.2, 0.25) is 0 Å². The van der Waals surface area contributed by atoms with Crippen molar-refractivity contribution in [1.82, 2.24) is 10.6 Å². The van der Waals surface area contributed by atoms with E-state index in [-0.39, 0.29) is 6.03 Å². The fourth-order valence-corrected chi connectivity index (χ4v) is 4.73. The summed E-state index contributed by atoms with van der Waals surface area (Å²) in [7, 11) is 0. The summed E-state index contributed by atoms with van der Waals surface area (Å²) < 4.78 is 0. The van der Waals surface area contributed by atoms with E-state index in [1.807, 2.05) is 53.2 Å². The van der Waals surface area contributed by atoms with Gasteiger partial charge in [0.2, 0.25) is 0 Å². The van der Waals surface area contributed by atoms with Crippen molar-refractivity contribution < 1.29 is 9.90 Å². The molecule has 6 heteroatoms. The lowest BCUT2D eigenvalue weighted by atomic mass is 10.0. The molecular weight excluding hydrogens is 388 g/mol. The van der Waals surface area contributed by atoms with Gasteiger partial charge in [0.15, 0.2) is 0 Å². The third-order valence-electron chi connectivity index (χ3n) is 4.55. The number of urea groups is 1. The average molecular weight is 409 g/mol. The van der Waals surface area contributed by atoms with Crippen LogP contribution in [0.25, 0.3) is 10.8 Å². The number of carbonyl (C=O) groups is 1. The Hall–Kier alpha value is -2.67. The molecule has 0 spiro atoms. The van der Waals surface area contributed by atoms with E-state index in [9.17, 15) is 9.90 Å². The van der Waals surface area contributed by atoms with Crippen LogP contribution < -0.4 is 10.6 Å². The second kappa shape index (κ2) is 8.56. The van der Waals surface area contributed by atoms with Crippen LogP contribution in [0.1, 0.15) is 27.0 Å². The predicted octanol–water partition coefficient (Wildman–Crippen LogP) is 5.04. The number of carbonyl (C=O) groups excluding carboxylic acids is 1. The molecule has 2 amide bonds. The SMILES string of the molecule is O=C(NCc1ccc([C@H](O)c2ccsc2)s1)NCc1cccc2ccccc12. The number of aliphatic hydroxyl groups is 1. The molecule has 0 fully saturated rings. The Balaban J connectivity index is 1.31. The Kier molecular flexibility index (Phi) is 5.71. The van der Waals surface area contributed by atoms with Crippen LogP contribution in [0.4, 0.5) is 4.79 Å². The Labute approximate surface area is 171 Å². The molecule has 4 aromatic rings. The van der Waals surface area contributed by atoms with E-state index in [2.05, 4.69) is 28.8 Å². The van der Waals surface area contributed by atoms with Crippen LogP contribution in [-0.2, 0) is 13.1 Å². The minimum absolute atomic E-state index is 0.207. The van der Waals surface area contributed by atoms with Gasteiger partial charge in [-0.15, -0.1) is 11.3 Å².